The number of para-hydroxylation sites is 1. The number of nitrogens with zero attached hydrogens (tertiary/aromatic N) is 2. The zero-order valence-corrected chi connectivity index (χ0v) is 17.5. The van der Waals surface area contributed by atoms with Crippen LogP contribution in [0.15, 0.2) is 88.3 Å². The molecule has 0 bridgehead atoms. The van der Waals surface area contributed by atoms with Gasteiger partial charge >= 0.3 is 0 Å². The molecule has 0 unspecified atom stereocenters. The van der Waals surface area contributed by atoms with Gasteiger partial charge in [-0.05, 0) is 42.3 Å². The Balaban J connectivity index is 1.35. The zero-order valence-electron chi connectivity index (χ0n) is 15.8. The lowest BCUT2D eigenvalue weighted by molar-refractivity contribution is 0.0955. The summed E-state index contributed by atoms with van der Waals surface area (Å²) in [5.41, 5.74) is 7.15. The molecular formula is C23H19N3OS2. The molecule has 1 heterocycles. The van der Waals surface area contributed by atoms with Crippen molar-refractivity contribution in [1.82, 2.24) is 10.4 Å². The van der Waals surface area contributed by atoms with Crippen molar-refractivity contribution >= 4 is 44.9 Å². The molecule has 1 amide bonds. The van der Waals surface area contributed by atoms with E-state index >= 15 is 0 Å². The maximum Gasteiger partial charge on any atom is 0.271 e. The third kappa shape index (κ3) is 4.91. The summed E-state index contributed by atoms with van der Waals surface area (Å²) in [7, 11) is 0. The molecule has 4 nitrogen and oxygen atoms in total. The molecule has 6 heteroatoms. The van der Waals surface area contributed by atoms with Gasteiger partial charge in [0.15, 0.2) is 4.34 Å². The average molecular weight is 418 g/mol. The van der Waals surface area contributed by atoms with E-state index in [1.807, 2.05) is 79.7 Å². The maximum atomic E-state index is 12.3. The third-order valence-electron chi connectivity index (χ3n) is 4.37. The second-order valence-electron chi connectivity index (χ2n) is 6.44. The molecule has 0 aliphatic rings. The molecule has 0 aliphatic carbocycles. The highest BCUT2D eigenvalue weighted by molar-refractivity contribution is 8.00. The van der Waals surface area contributed by atoms with Gasteiger partial charge in [0.1, 0.15) is 0 Å². The van der Waals surface area contributed by atoms with Crippen molar-refractivity contribution in [3.8, 4) is 0 Å². The molecule has 0 fully saturated rings. The molecule has 144 valence electrons. The topological polar surface area (TPSA) is 54.4 Å². The number of carbonyl (C=O) groups excluding carboxylic acids is 1. The predicted octanol–water partition coefficient (Wildman–Crippen LogP) is 5.74. The Morgan fingerprint density at radius 3 is 2.45 bits per heavy atom. The van der Waals surface area contributed by atoms with E-state index in [9.17, 15) is 4.79 Å². The third-order valence-corrected chi connectivity index (χ3v) is 6.62. The minimum absolute atomic E-state index is 0.217. The van der Waals surface area contributed by atoms with Crippen molar-refractivity contribution in [3.05, 3.63) is 95.6 Å². The van der Waals surface area contributed by atoms with Crippen molar-refractivity contribution in [2.24, 2.45) is 5.10 Å². The highest BCUT2D eigenvalue weighted by Gasteiger charge is 2.07. The van der Waals surface area contributed by atoms with E-state index in [-0.39, 0.29) is 5.91 Å². The van der Waals surface area contributed by atoms with Crippen molar-refractivity contribution in [3.63, 3.8) is 0 Å². The van der Waals surface area contributed by atoms with Gasteiger partial charge in [0, 0.05) is 11.3 Å². The summed E-state index contributed by atoms with van der Waals surface area (Å²) < 4.78 is 2.26. The van der Waals surface area contributed by atoms with Crippen molar-refractivity contribution < 1.29 is 4.79 Å². The van der Waals surface area contributed by atoms with Gasteiger partial charge in [0.2, 0.25) is 0 Å². The van der Waals surface area contributed by atoms with Gasteiger partial charge in [-0.3, -0.25) is 4.79 Å². The van der Waals surface area contributed by atoms with Gasteiger partial charge in [0.25, 0.3) is 5.91 Å². The van der Waals surface area contributed by atoms with E-state index in [1.54, 1.807) is 23.1 Å². The highest BCUT2D eigenvalue weighted by atomic mass is 32.2. The Bertz CT molecular complexity index is 1120. The number of nitrogens with one attached hydrogen (secondary N) is 1. The Labute approximate surface area is 177 Å². The first-order chi connectivity index (χ1) is 14.2. The maximum absolute atomic E-state index is 12.3. The molecule has 0 saturated heterocycles. The lowest BCUT2D eigenvalue weighted by Crippen LogP contribution is -2.19. The normalized spacial score (nSPS) is 11.6. The lowest BCUT2D eigenvalue weighted by atomic mass is 10.1. The average Bonchev–Trinajstić information content (AvgIpc) is 3.20. The first kappa shape index (κ1) is 19.4. The van der Waals surface area contributed by atoms with Crippen LogP contribution in [0.25, 0.3) is 10.2 Å². The first-order valence-corrected chi connectivity index (χ1v) is 11.0. The summed E-state index contributed by atoms with van der Waals surface area (Å²) in [6, 6.07) is 25.5. The second-order valence-corrected chi connectivity index (χ2v) is 8.69. The SMILES string of the molecule is C/C(=N/NC(=O)c1ccc(CSc2nc3ccccc3s2)cc1)c1ccccc1. The highest BCUT2D eigenvalue weighted by Crippen LogP contribution is 2.31. The molecular weight excluding hydrogens is 398 g/mol. The van der Waals surface area contributed by atoms with Gasteiger partial charge in [-0.1, -0.05) is 66.4 Å². The van der Waals surface area contributed by atoms with Gasteiger partial charge in [-0.25, -0.2) is 10.4 Å². The minimum Gasteiger partial charge on any atom is -0.267 e. The monoisotopic (exact) mass is 417 g/mol. The summed E-state index contributed by atoms with van der Waals surface area (Å²) >= 11 is 3.42. The molecule has 0 aliphatic heterocycles. The quantitative estimate of drug-likeness (QED) is 0.247. The summed E-state index contributed by atoms with van der Waals surface area (Å²) in [5.74, 6) is 0.596. The molecule has 4 aromatic rings. The smallest absolute Gasteiger partial charge is 0.267 e. The van der Waals surface area contributed by atoms with E-state index in [4.69, 9.17) is 0 Å². The second kappa shape index (κ2) is 9.03. The number of carbonyl (C=O) groups is 1. The molecule has 1 aromatic heterocycles. The lowest BCUT2D eigenvalue weighted by Gasteiger charge is -2.04. The van der Waals surface area contributed by atoms with E-state index in [1.165, 1.54) is 4.70 Å². The van der Waals surface area contributed by atoms with Gasteiger partial charge in [-0.15, -0.1) is 11.3 Å². The Morgan fingerprint density at radius 1 is 0.966 bits per heavy atom. The molecule has 0 spiro atoms. The van der Waals surface area contributed by atoms with Crippen LogP contribution >= 0.6 is 23.1 Å². The Kier molecular flexibility index (Phi) is 6.03. The van der Waals surface area contributed by atoms with Crippen molar-refractivity contribution in [2.75, 3.05) is 0 Å². The fourth-order valence-electron chi connectivity index (χ4n) is 2.75. The first-order valence-electron chi connectivity index (χ1n) is 9.16. The summed E-state index contributed by atoms with van der Waals surface area (Å²) in [5, 5.41) is 4.20. The summed E-state index contributed by atoms with van der Waals surface area (Å²) in [6.45, 7) is 1.87. The largest absolute Gasteiger partial charge is 0.271 e. The van der Waals surface area contributed by atoms with Gasteiger partial charge in [0.05, 0.1) is 15.9 Å². The van der Waals surface area contributed by atoms with Gasteiger partial charge < -0.3 is 0 Å². The van der Waals surface area contributed by atoms with Crippen LogP contribution in [0, 0.1) is 0 Å². The number of aromatic nitrogens is 1. The molecule has 3 aromatic carbocycles. The van der Waals surface area contributed by atoms with Crippen LogP contribution in [-0.4, -0.2) is 16.6 Å². The van der Waals surface area contributed by atoms with Gasteiger partial charge in [-0.2, -0.15) is 5.10 Å². The van der Waals surface area contributed by atoms with Crippen LogP contribution in [-0.2, 0) is 5.75 Å². The molecule has 0 radical (unpaired) electrons. The fourth-order valence-corrected chi connectivity index (χ4v) is 4.78. The molecule has 1 N–H and O–H groups in total. The molecule has 4 rings (SSSR count). The number of hydrazone groups is 1. The molecule has 0 atom stereocenters. The van der Waals surface area contributed by atoms with Crippen LogP contribution < -0.4 is 5.43 Å². The summed E-state index contributed by atoms with van der Waals surface area (Å²) in [4.78, 5) is 17.0. The van der Waals surface area contributed by atoms with E-state index in [2.05, 4.69) is 21.6 Å². The van der Waals surface area contributed by atoms with E-state index in [0.717, 1.165) is 32.4 Å². The zero-order chi connectivity index (χ0) is 20.1. The van der Waals surface area contributed by atoms with Crippen molar-refractivity contribution in [1.29, 1.82) is 0 Å². The Hall–Kier alpha value is -2.96. The fraction of sp³-hybridized carbons (Fsp3) is 0.0870. The van der Waals surface area contributed by atoms with Crippen LogP contribution in [0.3, 0.4) is 0 Å². The number of benzene rings is 3. The number of thioether (sulfide) groups is 1. The number of rotatable bonds is 6. The summed E-state index contributed by atoms with van der Waals surface area (Å²) in [6.07, 6.45) is 0. The predicted molar refractivity (Wildman–Crippen MR) is 122 cm³/mol. The van der Waals surface area contributed by atoms with Crippen LogP contribution in [0.4, 0.5) is 0 Å². The Morgan fingerprint density at radius 2 is 1.69 bits per heavy atom. The number of amides is 1. The van der Waals surface area contributed by atoms with Crippen LogP contribution in [0.1, 0.15) is 28.4 Å². The van der Waals surface area contributed by atoms with Crippen LogP contribution in [0.5, 0.6) is 0 Å². The number of fused-ring (bicyclic) bond motifs is 1. The standard InChI is InChI=1S/C23H19N3OS2/c1-16(18-7-3-2-4-8-18)25-26-22(27)19-13-11-17(12-14-19)15-28-23-24-20-9-5-6-10-21(20)29-23/h2-14H,15H2,1H3,(H,26,27)/b25-16-. The number of thiazole rings is 1. The minimum atomic E-state index is -0.217. The van der Waals surface area contributed by atoms with Crippen molar-refractivity contribution in [2.45, 2.75) is 17.0 Å². The van der Waals surface area contributed by atoms with E-state index in [0.29, 0.717) is 5.56 Å². The molecule has 0 saturated carbocycles. The number of hydrogen-bond acceptors (Lipinski definition) is 5. The van der Waals surface area contributed by atoms with E-state index < -0.39 is 0 Å². The number of hydrogen-bond donors (Lipinski definition) is 1. The van der Waals surface area contributed by atoms with Crippen LogP contribution in [0.2, 0.25) is 0 Å². The molecule has 29 heavy (non-hydrogen) atoms.